The predicted molar refractivity (Wildman–Crippen MR) is 129 cm³/mol. The molecular weight excluding hydrogens is 519 g/mol. The second kappa shape index (κ2) is 14.8. The Bertz CT molecular complexity index is 795. The highest BCUT2D eigenvalue weighted by molar-refractivity contribution is 14.0. The molecule has 0 aromatic heterocycles. The van der Waals surface area contributed by atoms with Crippen molar-refractivity contribution in [3.05, 3.63) is 59.7 Å². The van der Waals surface area contributed by atoms with Crippen LogP contribution in [0.1, 0.15) is 18.1 Å². The van der Waals surface area contributed by atoms with Crippen molar-refractivity contribution >= 4 is 29.9 Å². The summed E-state index contributed by atoms with van der Waals surface area (Å²) in [5.41, 5.74) is 1.90. The van der Waals surface area contributed by atoms with E-state index in [0.717, 1.165) is 11.1 Å². The highest BCUT2D eigenvalue weighted by Crippen LogP contribution is 2.29. The summed E-state index contributed by atoms with van der Waals surface area (Å²) in [6.07, 6.45) is 0. The van der Waals surface area contributed by atoms with Crippen molar-refractivity contribution in [3.8, 4) is 11.5 Å². The van der Waals surface area contributed by atoms with Gasteiger partial charge in [-0.1, -0.05) is 43.3 Å². The normalized spacial score (nSPS) is 12.1. The molecule has 1 atom stereocenters. The number of guanidine groups is 1. The summed E-state index contributed by atoms with van der Waals surface area (Å²) in [6, 6.07) is 14.9. The largest absolute Gasteiger partial charge is 0.493 e. The van der Waals surface area contributed by atoms with Gasteiger partial charge in [-0.3, -0.25) is 4.99 Å². The Hall–Kier alpha value is -2.14. The number of halogens is 3. The van der Waals surface area contributed by atoms with E-state index in [4.69, 9.17) is 9.47 Å². The maximum absolute atomic E-state index is 12.6. The molecule has 31 heavy (non-hydrogen) atoms. The first-order chi connectivity index (χ1) is 14.5. The van der Waals surface area contributed by atoms with Gasteiger partial charge in [-0.25, -0.2) is 0 Å². The Morgan fingerprint density at radius 1 is 1.03 bits per heavy atom. The molecule has 0 spiro atoms. The van der Waals surface area contributed by atoms with Crippen LogP contribution in [0.25, 0.3) is 0 Å². The molecule has 0 saturated heterocycles. The van der Waals surface area contributed by atoms with Gasteiger partial charge >= 0.3 is 6.61 Å². The fourth-order valence-corrected chi connectivity index (χ4v) is 2.71. The predicted octanol–water partition coefficient (Wildman–Crippen LogP) is 4.43. The van der Waals surface area contributed by atoms with E-state index in [0.29, 0.717) is 32.3 Å². The first kappa shape index (κ1) is 26.9. The van der Waals surface area contributed by atoms with Gasteiger partial charge in [0, 0.05) is 20.1 Å². The number of benzene rings is 2. The molecule has 2 rings (SSSR count). The summed E-state index contributed by atoms with van der Waals surface area (Å²) in [7, 11) is 3.08. The molecule has 9 heteroatoms. The first-order valence-electron chi connectivity index (χ1n) is 9.69. The van der Waals surface area contributed by atoms with Gasteiger partial charge in [0.15, 0.2) is 17.5 Å². The number of hydrogen-bond donors (Lipinski definition) is 2. The van der Waals surface area contributed by atoms with Crippen LogP contribution in [0.4, 0.5) is 8.78 Å². The molecule has 0 aliphatic rings. The zero-order chi connectivity index (χ0) is 21.8. The molecule has 0 radical (unpaired) electrons. The molecule has 0 fully saturated rings. The first-order valence-corrected chi connectivity index (χ1v) is 9.69. The molecule has 172 valence electrons. The van der Waals surface area contributed by atoms with Crippen LogP contribution < -0.4 is 20.1 Å². The maximum atomic E-state index is 12.6. The fraction of sp³-hybridized carbons (Fsp3) is 0.409. The Labute approximate surface area is 199 Å². The zero-order valence-corrected chi connectivity index (χ0v) is 20.3. The average molecular weight is 549 g/mol. The highest BCUT2D eigenvalue weighted by Gasteiger charge is 2.12. The van der Waals surface area contributed by atoms with Crippen LogP contribution in [0.2, 0.25) is 0 Å². The number of nitrogens with zero attached hydrogens (tertiary/aromatic N) is 1. The third-order valence-corrected chi connectivity index (χ3v) is 4.26. The van der Waals surface area contributed by atoms with Crippen molar-refractivity contribution in [2.75, 3.05) is 27.3 Å². The minimum Gasteiger partial charge on any atom is -0.493 e. The smallest absolute Gasteiger partial charge is 0.387 e. The molecule has 2 N–H and O–H groups in total. The van der Waals surface area contributed by atoms with Crippen LogP contribution in [-0.4, -0.2) is 39.9 Å². The minimum atomic E-state index is -2.91. The van der Waals surface area contributed by atoms with Crippen LogP contribution in [-0.2, 0) is 17.9 Å². The summed E-state index contributed by atoms with van der Waals surface area (Å²) in [5.74, 6) is 1.14. The van der Waals surface area contributed by atoms with Crippen LogP contribution in [0.15, 0.2) is 53.5 Å². The topological polar surface area (TPSA) is 64.1 Å². The van der Waals surface area contributed by atoms with E-state index in [1.807, 2.05) is 30.3 Å². The minimum absolute atomic E-state index is 0. The summed E-state index contributed by atoms with van der Waals surface area (Å²) in [5, 5.41) is 6.40. The molecule has 0 bridgehead atoms. The van der Waals surface area contributed by atoms with Crippen LogP contribution in [0, 0.1) is 5.92 Å². The van der Waals surface area contributed by atoms with Gasteiger partial charge in [-0.05, 0) is 29.2 Å². The number of alkyl halides is 2. The van der Waals surface area contributed by atoms with Gasteiger partial charge in [0.1, 0.15) is 0 Å². The van der Waals surface area contributed by atoms with Crippen molar-refractivity contribution in [3.63, 3.8) is 0 Å². The quantitative estimate of drug-likeness (QED) is 0.247. The lowest BCUT2D eigenvalue weighted by atomic mass is 10.2. The molecule has 0 aliphatic carbocycles. The van der Waals surface area contributed by atoms with Crippen molar-refractivity contribution in [1.82, 2.24) is 10.6 Å². The summed E-state index contributed by atoms with van der Waals surface area (Å²) < 4.78 is 40.4. The summed E-state index contributed by atoms with van der Waals surface area (Å²) in [4.78, 5) is 4.19. The monoisotopic (exact) mass is 549 g/mol. The van der Waals surface area contributed by atoms with Gasteiger partial charge in [0.05, 0.1) is 20.3 Å². The number of hydrogen-bond acceptors (Lipinski definition) is 4. The molecule has 6 nitrogen and oxygen atoms in total. The molecule has 0 amide bonds. The highest BCUT2D eigenvalue weighted by atomic mass is 127. The number of aliphatic imine (C=N–C) groups is 1. The van der Waals surface area contributed by atoms with Gasteiger partial charge in [-0.2, -0.15) is 8.78 Å². The SMILES string of the molecule is CN=C(NCc1ccc(OC)c(OC(F)F)c1)NCC(C)COCc1ccccc1.I. The molecule has 0 aliphatic heterocycles. The van der Waals surface area contributed by atoms with Crippen LogP contribution >= 0.6 is 24.0 Å². The molecular formula is C22H30F2IN3O3. The molecule has 1 unspecified atom stereocenters. The molecule has 2 aromatic rings. The van der Waals surface area contributed by atoms with Crippen LogP contribution in [0.5, 0.6) is 11.5 Å². The summed E-state index contributed by atoms with van der Waals surface area (Å²) in [6.45, 7) is 1.44. The van der Waals surface area contributed by atoms with Crippen molar-refractivity contribution in [2.24, 2.45) is 10.9 Å². The van der Waals surface area contributed by atoms with E-state index in [1.54, 1.807) is 19.2 Å². The molecule has 2 aromatic carbocycles. The fourth-order valence-electron chi connectivity index (χ4n) is 2.71. The van der Waals surface area contributed by atoms with E-state index in [9.17, 15) is 8.78 Å². The number of rotatable bonds is 11. The number of ether oxygens (including phenoxy) is 3. The van der Waals surface area contributed by atoms with Gasteiger partial charge < -0.3 is 24.8 Å². The van der Waals surface area contributed by atoms with Gasteiger partial charge in [0.25, 0.3) is 0 Å². The van der Waals surface area contributed by atoms with E-state index in [2.05, 4.69) is 27.3 Å². The van der Waals surface area contributed by atoms with E-state index in [-0.39, 0.29) is 41.4 Å². The Balaban J connectivity index is 0.00000480. The summed E-state index contributed by atoms with van der Waals surface area (Å²) >= 11 is 0. The van der Waals surface area contributed by atoms with Crippen molar-refractivity contribution in [1.29, 1.82) is 0 Å². The van der Waals surface area contributed by atoms with Crippen LogP contribution in [0.3, 0.4) is 0 Å². The van der Waals surface area contributed by atoms with Gasteiger partial charge in [-0.15, -0.1) is 24.0 Å². The average Bonchev–Trinajstić information content (AvgIpc) is 2.74. The lowest BCUT2D eigenvalue weighted by Crippen LogP contribution is -2.39. The van der Waals surface area contributed by atoms with E-state index >= 15 is 0 Å². The second-order valence-electron chi connectivity index (χ2n) is 6.78. The Morgan fingerprint density at radius 2 is 1.77 bits per heavy atom. The van der Waals surface area contributed by atoms with Crippen molar-refractivity contribution < 1.29 is 23.0 Å². The lowest BCUT2D eigenvalue weighted by molar-refractivity contribution is -0.0512. The van der Waals surface area contributed by atoms with E-state index in [1.165, 1.54) is 13.2 Å². The van der Waals surface area contributed by atoms with E-state index < -0.39 is 6.61 Å². The molecule has 0 saturated carbocycles. The maximum Gasteiger partial charge on any atom is 0.387 e. The standard InChI is InChI=1S/C22H29F2N3O3.HI/c1-16(14-29-15-17-7-5-4-6-8-17)12-26-22(25-2)27-13-18-9-10-19(28-3)20(11-18)30-21(23)24;/h4-11,16,21H,12-15H2,1-3H3,(H2,25,26,27);1H. The Morgan fingerprint density at radius 3 is 2.42 bits per heavy atom. The zero-order valence-electron chi connectivity index (χ0n) is 17.9. The van der Waals surface area contributed by atoms with Gasteiger partial charge in [0.2, 0.25) is 0 Å². The van der Waals surface area contributed by atoms with Crippen molar-refractivity contribution in [2.45, 2.75) is 26.7 Å². The third kappa shape index (κ3) is 10.1. The Kier molecular flexibility index (Phi) is 12.8. The second-order valence-corrected chi connectivity index (χ2v) is 6.78. The number of nitrogens with one attached hydrogen (secondary N) is 2. The number of methoxy groups -OCH3 is 1. The molecule has 0 heterocycles. The lowest BCUT2D eigenvalue weighted by Gasteiger charge is -2.17. The third-order valence-electron chi connectivity index (χ3n) is 4.26.